The summed E-state index contributed by atoms with van der Waals surface area (Å²) in [4.78, 5) is 17.6. The molecule has 3 heterocycles. The molecule has 0 bridgehead atoms. The third kappa shape index (κ3) is 5.29. The van der Waals surface area contributed by atoms with Crippen LogP contribution in [0.1, 0.15) is 22.3 Å². The Morgan fingerprint density at radius 3 is 2.35 bits per heavy atom. The largest absolute Gasteiger partial charge is 0.416 e. The minimum Gasteiger partial charge on any atom is -0.348 e. The van der Waals surface area contributed by atoms with Crippen LogP contribution < -0.4 is 10.5 Å². The van der Waals surface area contributed by atoms with Gasteiger partial charge in [0.1, 0.15) is 5.56 Å². The van der Waals surface area contributed by atoms with E-state index in [9.17, 15) is 34.8 Å². The number of alkyl halides is 3. The maximum Gasteiger partial charge on any atom is 0.416 e. The van der Waals surface area contributed by atoms with Crippen LogP contribution in [0.25, 0.3) is 28.0 Å². The van der Waals surface area contributed by atoms with Gasteiger partial charge in [-0.1, -0.05) is 41.9 Å². The number of nitrogens with one attached hydrogen (secondary N) is 1. The third-order valence-corrected chi connectivity index (χ3v) is 9.25. The number of primary sulfonamides is 1. The number of halogens is 4. The second-order valence-electron chi connectivity index (χ2n) is 9.11. The summed E-state index contributed by atoms with van der Waals surface area (Å²) in [6.07, 6.45) is -3.20. The summed E-state index contributed by atoms with van der Waals surface area (Å²) in [6.45, 7) is 0. The minimum absolute atomic E-state index is 0.0826. The van der Waals surface area contributed by atoms with E-state index in [4.69, 9.17) is 16.7 Å². The van der Waals surface area contributed by atoms with Crippen LogP contribution in [0.5, 0.6) is 0 Å². The predicted molar refractivity (Wildman–Crippen MR) is 140 cm³/mol. The van der Waals surface area contributed by atoms with Crippen molar-refractivity contribution in [3.05, 3.63) is 70.9 Å². The van der Waals surface area contributed by atoms with Crippen molar-refractivity contribution in [2.24, 2.45) is 5.14 Å². The average molecular weight is 614 g/mol. The van der Waals surface area contributed by atoms with E-state index in [0.717, 1.165) is 16.6 Å². The quantitative estimate of drug-likeness (QED) is 0.350. The maximum absolute atomic E-state index is 13.3. The first-order valence-electron chi connectivity index (χ1n) is 11.5. The Morgan fingerprint density at radius 1 is 1.10 bits per heavy atom. The molecule has 16 heteroatoms. The molecule has 210 valence electrons. The zero-order valence-electron chi connectivity index (χ0n) is 20.2. The molecule has 1 saturated heterocycles. The molecule has 3 N–H and O–H groups in total. The summed E-state index contributed by atoms with van der Waals surface area (Å²) in [5, 5.41) is 11.4. The van der Waals surface area contributed by atoms with E-state index in [-0.39, 0.29) is 45.4 Å². The van der Waals surface area contributed by atoms with E-state index in [1.807, 2.05) is 0 Å². The molecule has 2 aromatic carbocycles. The van der Waals surface area contributed by atoms with Crippen LogP contribution in [-0.2, 0) is 26.0 Å². The predicted octanol–water partition coefficient (Wildman–Crippen LogP) is 3.30. The Hall–Kier alpha value is -3.53. The molecule has 0 aliphatic carbocycles. The normalized spacial score (nSPS) is 17.3. The molecule has 1 aliphatic rings. The van der Waals surface area contributed by atoms with E-state index in [1.165, 1.54) is 18.3 Å². The summed E-state index contributed by atoms with van der Waals surface area (Å²) >= 11 is 6.40. The van der Waals surface area contributed by atoms with Gasteiger partial charge in [0.05, 0.1) is 22.8 Å². The van der Waals surface area contributed by atoms with E-state index >= 15 is 0 Å². The molecule has 4 aromatic rings. The summed E-state index contributed by atoms with van der Waals surface area (Å²) in [5.74, 6) is -1.45. The standard InChI is InChI=1S/C24H19ClF3N5O5S2/c25-18-4-2-1-3-16(18)17-11-30-21-19(22(34)31-15-9-10-39(35,36)12-15)23(40(29,37)38)32-33(21)20(17)13-5-7-14(8-6-13)24(26,27)28/h1-8,11,15H,9-10,12H2,(H,31,34)(H2,29,37,38)/t15-/m1/s1. The van der Waals surface area contributed by atoms with Crippen molar-refractivity contribution in [1.82, 2.24) is 19.9 Å². The average Bonchev–Trinajstić information content (AvgIpc) is 3.43. The highest BCUT2D eigenvalue weighted by Gasteiger charge is 2.35. The molecule has 1 aliphatic heterocycles. The Kier molecular flexibility index (Phi) is 6.89. The number of sulfonamides is 1. The number of hydrogen-bond donors (Lipinski definition) is 2. The number of sulfone groups is 1. The lowest BCUT2D eigenvalue weighted by atomic mass is 9.99. The van der Waals surface area contributed by atoms with Gasteiger partial charge in [-0.3, -0.25) is 4.79 Å². The SMILES string of the molecule is NS(=O)(=O)c1nn2c(-c3ccc(C(F)(F)F)cc3)c(-c3ccccc3Cl)cnc2c1C(=O)N[C@@H]1CCS(=O)(=O)C1. The van der Waals surface area contributed by atoms with Gasteiger partial charge in [0.2, 0.25) is 5.03 Å². The van der Waals surface area contributed by atoms with Crippen LogP contribution >= 0.6 is 11.6 Å². The second kappa shape index (κ2) is 9.83. The van der Waals surface area contributed by atoms with Gasteiger partial charge in [-0.15, -0.1) is 0 Å². The number of nitrogens with zero attached hydrogens (tertiary/aromatic N) is 3. The van der Waals surface area contributed by atoms with Crippen molar-refractivity contribution >= 4 is 43.0 Å². The molecule has 1 amide bonds. The van der Waals surface area contributed by atoms with Crippen LogP contribution in [0, 0.1) is 0 Å². The van der Waals surface area contributed by atoms with Crippen LogP contribution in [-0.4, -0.2) is 54.9 Å². The van der Waals surface area contributed by atoms with Gasteiger partial charge in [0.25, 0.3) is 15.9 Å². The third-order valence-electron chi connectivity index (χ3n) is 6.33. The van der Waals surface area contributed by atoms with Gasteiger partial charge in [-0.05, 0) is 24.6 Å². The molecule has 40 heavy (non-hydrogen) atoms. The fourth-order valence-electron chi connectivity index (χ4n) is 4.50. The molecule has 5 rings (SSSR count). The first-order valence-corrected chi connectivity index (χ1v) is 15.3. The van der Waals surface area contributed by atoms with Crippen molar-refractivity contribution in [1.29, 1.82) is 0 Å². The van der Waals surface area contributed by atoms with Crippen LogP contribution in [0.2, 0.25) is 5.02 Å². The molecule has 10 nitrogen and oxygen atoms in total. The van der Waals surface area contributed by atoms with Gasteiger partial charge in [-0.2, -0.15) is 18.3 Å². The van der Waals surface area contributed by atoms with Crippen molar-refractivity contribution in [3.63, 3.8) is 0 Å². The highest BCUT2D eigenvalue weighted by molar-refractivity contribution is 7.91. The van der Waals surface area contributed by atoms with Crippen molar-refractivity contribution in [2.75, 3.05) is 11.5 Å². The monoisotopic (exact) mass is 613 g/mol. The second-order valence-corrected chi connectivity index (χ2v) is 13.2. The molecule has 0 saturated carbocycles. The Balaban J connectivity index is 1.77. The number of rotatable bonds is 5. The van der Waals surface area contributed by atoms with Gasteiger partial charge in [0.15, 0.2) is 15.5 Å². The van der Waals surface area contributed by atoms with Crippen molar-refractivity contribution < 1.29 is 34.8 Å². The molecule has 0 unspecified atom stereocenters. The molecule has 1 atom stereocenters. The van der Waals surface area contributed by atoms with E-state index in [1.54, 1.807) is 24.3 Å². The van der Waals surface area contributed by atoms with Crippen molar-refractivity contribution in [3.8, 4) is 22.4 Å². The zero-order valence-corrected chi connectivity index (χ0v) is 22.6. The number of amides is 1. The lowest BCUT2D eigenvalue weighted by Gasteiger charge is -2.14. The first-order chi connectivity index (χ1) is 18.7. The lowest BCUT2D eigenvalue weighted by Crippen LogP contribution is -2.36. The molecule has 0 spiro atoms. The highest BCUT2D eigenvalue weighted by atomic mass is 35.5. The number of carbonyl (C=O) groups excluding carboxylic acids is 1. The fraction of sp³-hybridized carbons (Fsp3) is 0.208. The number of benzene rings is 2. The lowest BCUT2D eigenvalue weighted by molar-refractivity contribution is -0.137. The van der Waals surface area contributed by atoms with Crippen molar-refractivity contribution in [2.45, 2.75) is 23.7 Å². The van der Waals surface area contributed by atoms with Gasteiger partial charge in [-0.25, -0.2) is 31.5 Å². The molecule has 2 aromatic heterocycles. The number of fused-ring (bicyclic) bond motifs is 1. The van der Waals surface area contributed by atoms with E-state index < -0.39 is 54.1 Å². The van der Waals surface area contributed by atoms with Crippen LogP contribution in [0.15, 0.2) is 59.8 Å². The summed E-state index contributed by atoms with van der Waals surface area (Å²) in [7, 11) is -8.01. The Bertz CT molecular complexity index is 1880. The summed E-state index contributed by atoms with van der Waals surface area (Å²) in [5.41, 5.74) is -0.790. The first kappa shape index (κ1) is 28.0. The Labute approximate surface area is 230 Å². The smallest absolute Gasteiger partial charge is 0.348 e. The summed E-state index contributed by atoms with van der Waals surface area (Å²) < 4.78 is 89.5. The zero-order chi connectivity index (χ0) is 29.0. The maximum atomic E-state index is 13.3. The molecular weight excluding hydrogens is 595 g/mol. The van der Waals surface area contributed by atoms with E-state index in [2.05, 4.69) is 15.4 Å². The molecule has 1 fully saturated rings. The number of aromatic nitrogens is 3. The van der Waals surface area contributed by atoms with Gasteiger partial charge < -0.3 is 5.32 Å². The minimum atomic E-state index is -4.63. The van der Waals surface area contributed by atoms with Crippen LogP contribution in [0.3, 0.4) is 0 Å². The molecule has 0 radical (unpaired) electrons. The molecular formula is C24H19ClF3N5O5S2. The van der Waals surface area contributed by atoms with Crippen LogP contribution in [0.4, 0.5) is 13.2 Å². The number of nitrogens with two attached hydrogens (primary N) is 1. The Morgan fingerprint density at radius 2 is 1.77 bits per heavy atom. The number of hydrogen-bond acceptors (Lipinski definition) is 7. The highest BCUT2D eigenvalue weighted by Crippen LogP contribution is 2.38. The fourth-order valence-corrected chi connectivity index (χ4v) is 7.08. The topological polar surface area (TPSA) is 154 Å². The number of carbonyl (C=O) groups is 1. The van der Waals surface area contributed by atoms with Gasteiger partial charge >= 0.3 is 6.18 Å². The van der Waals surface area contributed by atoms with Gasteiger partial charge in [0, 0.05) is 34.0 Å². The van der Waals surface area contributed by atoms with E-state index in [0.29, 0.717) is 5.56 Å². The summed E-state index contributed by atoms with van der Waals surface area (Å²) in [6, 6.07) is 9.76.